The number of hydrogen-bond donors (Lipinski definition) is 0. The minimum atomic E-state index is -3.45. The Labute approximate surface area is 115 Å². The smallest absolute Gasteiger partial charge is 0.207 e. The van der Waals surface area contributed by atoms with Gasteiger partial charge in [-0.2, -0.15) is 4.31 Å². The van der Waals surface area contributed by atoms with Crippen LogP contribution in [0.25, 0.3) is 0 Å². The van der Waals surface area contributed by atoms with Crippen molar-refractivity contribution in [3.63, 3.8) is 0 Å². The van der Waals surface area contributed by atoms with Gasteiger partial charge in [0, 0.05) is 23.6 Å². The lowest BCUT2D eigenvalue weighted by Crippen LogP contribution is -2.28. The molecule has 0 aliphatic heterocycles. The molecule has 0 radical (unpaired) electrons. The van der Waals surface area contributed by atoms with Crippen molar-refractivity contribution in [2.75, 3.05) is 13.6 Å². The van der Waals surface area contributed by atoms with Gasteiger partial charge in [0.15, 0.2) is 0 Å². The van der Waals surface area contributed by atoms with Crippen LogP contribution in [0, 0.1) is 0 Å². The molecule has 0 saturated heterocycles. The van der Waals surface area contributed by atoms with Crippen LogP contribution in [0.4, 0.5) is 0 Å². The molecule has 3 nitrogen and oxygen atoms in total. The first-order valence-electron chi connectivity index (χ1n) is 4.85. The number of sulfonamides is 1. The van der Waals surface area contributed by atoms with E-state index in [2.05, 4.69) is 15.9 Å². The van der Waals surface area contributed by atoms with Crippen LogP contribution in [-0.2, 0) is 10.0 Å². The molecule has 0 amide bonds. The molecule has 17 heavy (non-hydrogen) atoms. The minimum absolute atomic E-state index is 0.269. The zero-order valence-electron chi connectivity index (χ0n) is 9.52. The average molecular weight is 339 g/mol. The molecule has 0 heterocycles. The molecule has 1 aromatic rings. The fourth-order valence-electron chi connectivity index (χ4n) is 1.26. The third kappa shape index (κ3) is 3.81. The van der Waals surface area contributed by atoms with E-state index in [1.165, 1.54) is 16.9 Å². The van der Waals surface area contributed by atoms with Crippen molar-refractivity contribution in [1.82, 2.24) is 4.31 Å². The van der Waals surface area contributed by atoms with E-state index in [4.69, 9.17) is 11.6 Å². The molecule has 0 spiro atoms. The molecule has 0 aliphatic carbocycles. The summed E-state index contributed by atoms with van der Waals surface area (Å²) in [5, 5.41) is 0. The van der Waals surface area contributed by atoms with Crippen molar-refractivity contribution in [3.8, 4) is 0 Å². The van der Waals surface area contributed by atoms with E-state index < -0.39 is 10.0 Å². The largest absolute Gasteiger partial charge is 0.243 e. The summed E-state index contributed by atoms with van der Waals surface area (Å²) in [4.78, 5) is 0.269. The second-order valence-corrected chi connectivity index (χ2v) is 6.85. The zero-order valence-corrected chi connectivity index (χ0v) is 12.7. The first-order valence-corrected chi connectivity index (χ1v) is 7.52. The number of rotatable bonds is 4. The summed E-state index contributed by atoms with van der Waals surface area (Å²) in [6.45, 7) is 2.06. The minimum Gasteiger partial charge on any atom is -0.207 e. The van der Waals surface area contributed by atoms with Gasteiger partial charge in [-0.25, -0.2) is 8.42 Å². The van der Waals surface area contributed by atoms with Crippen molar-refractivity contribution in [1.29, 1.82) is 0 Å². The van der Waals surface area contributed by atoms with Gasteiger partial charge in [-0.05, 0) is 36.8 Å². The average Bonchev–Trinajstić information content (AvgIpc) is 2.29. The maximum atomic E-state index is 12.1. The third-order valence-electron chi connectivity index (χ3n) is 2.18. The van der Waals surface area contributed by atoms with E-state index in [0.717, 1.165) is 10.0 Å². The van der Waals surface area contributed by atoms with Crippen LogP contribution in [0.1, 0.15) is 6.92 Å². The Kier molecular flexibility index (Phi) is 5.19. The van der Waals surface area contributed by atoms with E-state index >= 15 is 0 Å². The molecule has 1 rings (SSSR count). The van der Waals surface area contributed by atoms with Gasteiger partial charge in [0.05, 0.1) is 4.90 Å². The molecule has 0 saturated carbocycles. The first-order chi connectivity index (χ1) is 7.87. The molecule has 0 aliphatic rings. The van der Waals surface area contributed by atoms with Crippen molar-refractivity contribution in [3.05, 3.63) is 39.8 Å². The van der Waals surface area contributed by atoms with E-state index in [1.807, 2.05) is 0 Å². The standard InChI is InChI=1S/C11H13BrClNO2S/c1-9(7-13)8-14(2)17(15,16)11-5-3-10(12)4-6-11/h3-7H,8H2,1-2H3. The van der Waals surface area contributed by atoms with Crippen LogP contribution in [0.5, 0.6) is 0 Å². The van der Waals surface area contributed by atoms with Gasteiger partial charge in [0.25, 0.3) is 0 Å². The maximum absolute atomic E-state index is 12.1. The summed E-state index contributed by atoms with van der Waals surface area (Å²) in [5.41, 5.74) is 2.17. The predicted molar refractivity (Wildman–Crippen MR) is 73.6 cm³/mol. The lowest BCUT2D eigenvalue weighted by Gasteiger charge is -2.17. The Hall–Kier alpha value is -0.360. The molecule has 0 unspecified atom stereocenters. The highest BCUT2D eigenvalue weighted by Crippen LogP contribution is 2.18. The van der Waals surface area contributed by atoms with E-state index in [0.29, 0.717) is 0 Å². The summed E-state index contributed by atoms with van der Waals surface area (Å²) in [6, 6.07) is 6.53. The highest BCUT2D eigenvalue weighted by Gasteiger charge is 2.20. The van der Waals surface area contributed by atoms with E-state index in [-0.39, 0.29) is 11.4 Å². The Morgan fingerprint density at radius 1 is 1.41 bits per heavy atom. The van der Waals surface area contributed by atoms with Crippen molar-refractivity contribution >= 4 is 37.6 Å². The van der Waals surface area contributed by atoms with Crippen LogP contribution in [-0.4, -0.2) is 26.3 Å². The fraction of sp³-hybridized carbons (Fsp3) is 0.273. The van der Waals surface area contributed by atoms with E-state index in [1.54, 1.807) is 31.2 Å². The highest BCUT2D eigenvalue weighted by molar-refractivity contribution is 9.10. The fourth-order valence-corrected chi connectivity index (χ4v) is 2.80. The second-order valence-electron chi connectivity index (χ2n) is 3.67. The van der Waals surface area contributed by atoms with Crippen LogP contribution in [0.15, 0.2) is 44.7 Å². The number of benzene rings is 1. The quantitative estimate of drug-likeness (QED) is 0.845. The van der Waals surface area contributed by atoms with Gasteiger partial charge in [-0.3, -0.25) is 0 Å². The van der Waals surface area contributed by atoms with E-state index in [9.17, 15) is 8.42 Å². The molecule has 1 aromatic carbocycles. The van der Waals surface area contributed by atoms with Gasteiger partial charge in [-0.15, -0.1) is 0 Å². The number of halogens is 2. The molecular weight excluding hydrogens is 326 g/mol. The molecule has 0 fully saturated rings. The van der Waals surface area contributed by atoms with Gasteiger partial charge in [0.1, 0.15) is 0 Å². The molecular formula is C11H13BrClNO2S. The Morgan fingerprint density at radius 3 is 2.41 bits per heavy atom. The Morgan fingerprint density at radius 2 is 1.94 bits per heavy atom. The van der Waals surface area contributed by atoms with Crippen LogP contribution in [0.3, 0.4) is 0 Å². The highest BCUT2D eigenvalue weighted by atomic mass is 79.9. The molecule has 94 valence electrons. The topological polar surface area (TPSA) is 37.4 Å². The van der Waals surface area contributed by atoms with Gasteiger partial charge >= 0.3 is 0 Å². The molecule has 6 heteroatoms. The summed E-state index contributed by atoms with van der Waals surface area (Å²) < 4.78 is 26.4. The lowest BCUT2D eigenvalue weighted by atomic mass is 10.3. The molecule has 0 aromatic heterocycles. The van der Waals surface area contributed by atoms with Crippen molar-refractivity contribution < 1.29 is 8.42 Å². The van der Waals surface area contributed by atoms with Gasteiger partial charge < -0.3 is 0 Å². The SMILES string of the molecule is CC(=CCl)CN(C)S(=O)(=O)c1ccc(Br)cc1. The summed E-state index contributed by atoms with van der Waals surface area (Å²) in [7, 11) is -1.92. The first kappa shape index (κ1) is 14.7. The lowest BCUT2D eigenvalue weighted by molar-refractivity contribution is 0.493. The molecule has 0 N–H and O–H groups in total. The normalized spacial score (nSPS) is 13.1. The second kappa shape index (κ2) is 6.00. The third-order valence-corrected chi connectivity index (χ3v) is 4.90. The summed E-state index contributed by atoms with van der Waals surface area (Å²) in [5.74, 6) is 0. The Bertz CT molecular complexity index is 511. The molecule has 0 atom stereocenters. The molecule has 0 bridgehead atoms. The maximum Gasteiger partial charge on any atom is 0.243 e. The Balaban J connectivity index is 2.99. The number of hydrogen-bond acceptors (Lipinski definition) is 2. The monoisotopic (exact) mass is 337 g/mol. The van der Waals surface area contributed by atoms with Gasteiger partial charge in [0.2, 0.25) is 10.0 Å². The number of likely N-dealkylation sites (N-methyl/N-ethyl adjacent to an activating group) is 1. The summed E-state index contributed by atoms with van der Waals surface area (Å²) >= 11 is 8.79. The van der Waals surface area contributed by atoms with Gasteiger partial charge in [-0.1, -0.05) is 27.5 Å². The summed E-state index contributed by atoms with van der Waals surface area (Å²) in [6.07, 6.45) is 0. The van der Waals surface area contributed by atoms with Crippen molar-refractivity contribution in [2.24, 2.45) is 0 Å². The van der Waals surface area contributed by atoms with Crippen LogP contribution < -0.4 is 0 Å². The van der Waals surface area contributed by atoms with Crippen LogP contribution in [0.2, 0.25) is 0 Å². The number of nitrogens with zero attached hydrogens (tertiary/aromatic N) is 1. The predicted octanol–water partition coefficient (Wildman–Crippen LogP) is 3.21. The zero-order chi connectivity index (χ0) is 13.1. The van der Waals surface area contributed by atoms with Crippen LogP contribution >= 0.6 is 27.5 Å². The van der Waals surface area contributed by atoms with Crippen molar-refractivity contribution in [2.45, 2.75) is 11.8 Å².